The maximum atomic E-state index is 5.77. The number of hydrogen-bond donors (Lipinski definition) is 1. The number of fused-ring (bicyclic) bond motifs is 1. The molecule has 3 nitrogen and oxygen atoms in total. The van der Waals surface area contributed by atoms with E-state index in [4.69, 9.17) is 9.47 Å². The predicted molar refractivity (Wildman–Crippen MR) is 79.1 cm³/mol. The zero-order chi connectivity index (χ0) is 13.5. The fraction of sp³-hybridized carbons (Fsp3) is 0.600. The van der Waals surface area contributed by atoms with Crippen LogP contribution in [-0.4, -0.2) is 19.8 Å². The summed E-state index contributed by atoms with van der Waals surface area (Å²) in [4.78, 5) is 0. The normalized spacial score (nSPS) is 25.6. The number of hydrogen-bond acceptors (Lipinski definition) is 3. The van der Waals surface area contributed by atoms with Crippen LogP contribution < -0.4 is 14.8 Å². The minimum absolute atomic E-state index is 0.0592. The first kappa shape index (κ1) is 13.3. The molecule has 2 heterocycles. The van der Waals surface area contributed by atoms with Crippen molar-refractivity contribution in [1.82, 2.24) is 5.32 Å². The minimum atomic E-state index is 0.0592. The largest absolute Gasteiger partial charge is 0.486 e. The van der Waals surface area contributed by atoms with Gasteiger partial charge in [-0.15, -0.1) is 0 Å². The molecular formula is C15H20BrNO2. The molecule has 0 amide bonds. The van der Waals surface area contributed by atoms with Gasteiger partial charge in [-0.25, -0.2) is 0 Å². The van der Waals surface area contributed by atoms with Crippen LogP contribution in [0.5, 0.6) is 11.5 Å². The van der Waals surface area contributed by atoms with Crippen molar-refractivity contribution in [1.29, 1.82) is 0 Å². The van der Waals surface area contributed by atoms with Crippen molar-refractivity contribution in [3.05, 3.63) is 21.7 Å². The van der Waals surface area contributed by atoms with Crippen LogP contribution in [0.1, 0.15) is 37.8 Å². The van der Waals surface area contributed by atoms with E-state index in [0.717, 1.165) is 28.9 Å². The van der Waals surface area contributed by atoms with Crippen LogP contribution >= 0.6 is 15.9 Å². The molecule has 1 aromatic carbocycles. The Balaban J connectivity index is 2.15. The molecule has 0 radical (unpaired) electrons. The quantitative estimate of drug-likeness (QED) is 0.904. The molecule has 3 rings (SSSR count). The smallest absolute Gasteiger partial charge is 0.175 e. The molecule has 0 aromatic heterocycles. The van der Waals surface area contributed by atoms with E-state index < -0.39 is 0 Å². The van der Waals surface area contributed by atoms with Crippen molar-refractivity contribution in [2.75, 3.05) is 19.8 Å². The number of benzene rings is 1. The lowest BCUT2D eigenvalue weighted by molar-refractivity contribution is 0.169. The van der Waals surface area contributed by atoms with Crippen LogP contribution in [0.4, 0.5) is 0 Å². The van der Waals surface area contributed by atoms with Crippen LogP contribution in [0.3, 0.4) is 0 Å². The predicted octanol–water partition coefficient (Wildman–Crippen LogP) is 3.38. The molecule has 19 heavy (non-hydrogen) atoms. The van der Waals surface area contributed by atoms with Gasteiger partial charge in [0.05, 0.1) is 4.47 Å². The fourth-order valence-corrected chi connectivity index (χ4v) is 3.95. The standard InChI is InChI=1S/C15H20BrNO2/c1-3-10-11(15(2)5-4-6-17-15)9-12-14(13(10)16)19-8-7-18-12/h9,17H,3-8H2,1-2H3. The molecule has 0 bridgehead atoms. The Bertz CT molecular complexity index is 495. The Morgan fingerprint density at radius 3 is 2.84 bits per heavy atom. The second kappa shape index (κ2) is 4.98. The summed E-state index contributed by atoms with van der Waals surface area (Å²) >= 11 is 3.72. The van der Waals surface area contributed by atoms with Gasteiger partial charge in [0, 0.05) is 5.54 Å². The third-order valence-electron chi connectivity index (χ3n) is 4.19. The molecule has 1 aromatic rings. The number of nitrogens with one attached hydrogen (secondary N) is 1. The first-order valence-corrected chi connectivity index (χ1v) is 7.81. The highest BCUT2D eigenvalue weighted by atomic mass is 79.9. The van der Waals surface area contributed by atoms with E-state index in [1.807, 2.05) is 0 Å². The third kappa shape index (κ3) is 2.15. The number of ether oxygens (including phenoxy) is 2. The molecule has 1 N–H and O–H groups in total. The van der Waals surface area contributed by atoms with Gasteiger partial charge in [0.25, 0.3) is 0 Å². The van der Waals surface area contributed by atoms with Gasteiger partial charge in [-0.3, -0.25) is 0 Å². The molecule has 2 aliphatic heterocycles. The molecule has 0 saturated carbocycles. The molecule has 1 unspecified atom stereocenters. The maximum Gasteiger partial charge on any atom is 0.175 e. The molecule has 2 aliphatic rings. The van der Waals surface area contributed by atoms with Crippen LogP contribution in [0, 0.1) is 0 Å². The summed E-state index contributed by atoms with van der Waals surface area (Å²) in [6.07, 6.45) is 3.39. The van der Waals surface area contributed by atoms with E-state index >= 15 is 0 Å². The van der Waals surface area contributed by atoms with E-state index in [9.17, 15) is 0 Å². The molecule has 1 fully saturated rings. The van der Waals surface area contributed by atoms with Gasteiger partial charge < -0.3 is 14.8 Å². The summed E-state index contributed by atoms with van der Waals surface area (Å²) in [7, 11) is 0. The highest BCUT2D eigenvalue weighted by molar-refractivity contribution is 9.10. The van der Waals surface area contributed by atoms with Gasteiger partial charge in [0.1, 0.15) is 13.2 Å². The molecule has 1 atom stereocenters. The molecule has 0 aliphatic carbocycles. The monoisotopic (exact) mass is 325 g/mol. The van der Waals surface area contributed by atoms with Gasteiger partial charge in [0.15, 0.2) is 11.5 Å². The SMILES string of the molecule is CCc1c(C2(C)CCCN2)cc2c(c1Br)OCCO2. The lowest BCUT2D eigenvalue weighted by Crippen LogP contribution is -2.34. The van der Waals surface area contributed by atoms with Crippen molar-refractivity contribution < 1.29 is 9.47 Å². The average Bonchev–Trinajstić information content (AvgIpc) is 2.87. The molecular weight excluding hydrogens is 306 g/mol. The fourth-order valence-electron chi connectivity index (χ4n) is 3.15. The summed E-state index contributed by atoms with van der Waals surface area (Å²) in [6.45, 7) is 6.83. The zero-order valence-electron chi connectivity index (χ0n) is 11.5. The van der Waals surface area contributed by atoms with Crippen molar-refractivity contribution in [3.8, 4) is 11.5 Å². The zero-order valence-corrected chi connectivity index (χ0v) is 13.1. The average molecular weight is 326 g/mol. The Hall–Kier alpha value is -0.740. The highest BCUT2D eigenvalue weighted by Gasteiger charge is 2.34. The van der Waals surface area contributed by atoms with E-state index in [1.165, 1.54) is 24.0 Å². The Morgan fingerprint density at radius 2 is 2.16 bits per heavy atom. The van der Waals surface area contributed by atoms with Crippen LogP contribution in [0.15, 0.2) is 10.5 Å². The van der Waals surface area contributed by atoms with E-state index in [0.29, 0.717) is 13.2 Å². The Morgan fingerprint density at radius 1 is 1.37 bits per heavy atom. The molecule has 1 saturated heterocycles. The number of halogens is 1. The minimum Gasteiger partial charge on any atom is -0.486 e. The van der Waals surface area contributed by atoms with E-state index in [2.05, 4.69) is 41.2 Å². The maximum absolute atomic E-state index is 5.77. The lowest BCUT2D eigenvalue weighted by atomic mass is 9.85. The first-order valence-electron chi connectivity index (χ1n) is 7.02. The van der Waals surface area contributed by atoms with E-state index in [-0.39, 0.29) is 5.54 Å². The van der Waals surface area contributed by atoms with Crippen LogP contribution in [0.25, 0.3) is 0 Å². The summed E-state index contributed by atoms with van der Waals surface area (Å²) in [5, 5.41) is 3.64. The van der Waals surface area contributed by atoms with Gasteiger partial charge in [-0.1, -0.05) is 6.92 Å². The van der Waals surface area contributed by atoms with Crippen LogP contribution in [-0.2, 0) is 12.0 Å². The summed E-state index contributed by atoms with van der Waals surface area (Å²) in [5.41, 5.74) is 2.74. The van der Waals surface area contributed by atoms with Gasteiger partial charge in [-0.2, -0.15) is 0 Å². The summed E-state index contributed by atoms with van der Waals surface area (Å²) < 4.78 is 12.6. The highest BCUT2D eigenvalue weighted by Crippen LogP contribution is 2.46. The number of rotatable bonds is 2. The third-order valence-corrected chi connectivity index (χ3v) is 5.03. The lowest BCUT2D eigenvalue weighted by Gasteiger charge is -2.31. The molecule has 0 spiro atoms. The van der Waals surface area contributed by atoms with Gasteiger partial charge in [-0.05, 0) is 65.9 Å². The van der Waals surface area contributed by atoms with E-state index in [1.54, 1.807) is 0 Å². The van der Waals surface area contributed by atoms with Crippen LogP contribution in [0.2, 0.25) is 0 Å². The molecule has 104 valence electrons. The van der Waals surface area contributed by atoms with Gasteiger partial charge in [0.2, 0.25) is 0 Å². The van der Waals surface area contributed by atoms with Crippen molar-refractivity contribution in [2.45, 2.75) is 38.6 Å². The Labute approximate surface area is 122 Å². The first-order chi connectivity index (χ1) is 9.15. The second-order valence-electron chi connectivity index (χ2n) is 5.46. The van der Waals surface area contributed by atoms with Gasteiger partial charge >= 0.3 is 0 Å². The topological polar surface area (TPSA) is 30.5 Å². The van der Waals surface area contributed by atoms with Crippen molar-refractivity contribution in [2.24, 2.45) is 0 Å². The van der Waals surface area contributed by atoms with Crippen molar-refractivity contribution >= 4 is 15.9 Å². The van der Waals surface area contributed by atoms with Crippen molar-refractivity contribution in [3.63, 3.8) is 0 Å². The molecule has 4 heteroatoms. The Kier molecular flexibility index (Phi) is 3.48. The summed E-state index contributed by atoms with van der Waals surface area (Å²) in [6, 6.07) is 2.18. The second-order valence-corrected chi connectivity index (χ2v) is 6.25. The summed E-state index contributed by atoms with van der Waals surface area (Å²) in [5.74, 6) is 1.74.